The minimum atomic E-state index is -0.301. The van der Waals surface area contributed by atoms with Gasteiger partial charge in [-0.2, -0.15) is 10.2 Å². The summed E-state index contributed by atoms with van der Waals surface area (Å²) in [5.74, 6) is 0.465. The lowest BCUT2D eigenvalue weighted by atomic mass is 10.1. The molecule has 0 atom stereocenters. The van der Waals surface area contributed by atoms with Crippen LogP contribution in [0.25, 0.3) is 16.9 Å². The molecule has 0 aliphatic rings. The zero-order valence-corrected chi connectivity index (χ0v) is 18.3. The summed E-state index contributed by atoms with van der Waals surface area (Å²) in [5, 5.41) is 8.90. The summed E-state index contributed by atoms with van der Waals surface area (Å²) in [6.07, 6.45) is 3.48. The molecule has 31 heavy (non-hydrogen) atoms. The average molecular weight is 475 g/mol. The number of ether oxygens (including phenoxy) is 1. The molecule has 0 fully saturated rings. The Hall–Kier alpha value is -3.71. The van der Waals surface area contributed by atoms with Crippen LogP contribution in [0.3, 0.4) is 0 Å². The smallest absolute Gasteiger partial charge is 0.272 e. The van der Waals surface area contributed by atoms with Crippen molar-refractivity contribution in [1.29, 1.82) is 0 Å². The third-order valence-corrected chi connectivity index (χ3v) is 5.31. The molecule has 0 spiro atoms. The molecule has 1 heterocycles. The Bertz CT molecular complexity index is 1220. The molecular weight excluding hydrogens is 456 g/mol. The summed E-state index contributed by atoms with van der Waals surface area (Å²) in [7, 11) is 1.63. The average Bonchev–Trinajstić information content (AvgIpc) is 3.24. The molecule has 0 bridgehead atoms. The first kappa shape index (κ1) is 20.6. The second kappa shape index (κ2) is 9.40. The van der Waals surface area contributed by atoms with E-state index in [0.29, 0.717) is 10.0 Å². The maximum atomic E-state index is 12.4. The SMILES string of the molecule is COc1ccc(-c2nn(-c3ccccc3)cc2C=NNC(=O)c2ccccc2Br)cc1. The Labute approximate surface area is 188 Å². The number of aromatic nitrogens is 2. The lowest BCUT2D eigenvalue weighted by molar-refractivity contribution is 0.0954. The van der Waals surface area contributed by atoms with Crippen molar-refractivity contribution in [1.82, 2.24) is 15.2 Å². The summed E-state index contributed by atoms with van der Waals surface area (Å²) in [6, 6.07) is 24.6. The number of benzene rings is 3. The Morgan fingerprint density at radius 3 is 2.45 bits per heavy atom. The van der Waals surface area contributed by atoms with Gasteiger partial charge in [0, 0.05) is 21.8 Å². The van der Waals surface area contributed by atoms with E-state index in [1.807, 2.05) is 72.9 Å². The van der Waals surface area contributed by atoms with Crippen molar-refractivity contribution >= 4 is 28.1 Å². The lowest BCUT2D eigenvalue weighted by Gasteiger charge is -2.03. The second-order valence-corrected chi connectivity index (χ2v) is 7.47. The lowest BCUT2D eigenvalue weighted by Crippen LogP contribution is -2.18. The van der Waals surface area contributed by atoms with Crippen LogP contribution < -0.4 is 10.2 Å². The molecule has 0 saturated carbocycles. The number of halogens is 1. The molecule has 0 saturated heterocycles. The van der Waals surface area contributed by atoms with Crippen LogP contribution in [-0.2, 0) is 0 Å². The Balaban J connectivity index is 1.64. The number of rotatable bonds is 6. The van der Waals surface area contributed by atoms with Gasteiger partial charge in [0.15, 0.2) is 0 Å². The number of carbonyl (C=O) groups is 1. The standard InChI is InChI=1S/C24H19BrN4O2/c1-31-20-13-11-17(12-14-20)23-18(16-29(28-23)19-7-3-2-4-8-19)15-26-27-24(30)21-9-5-6-10-22(21)25/h2-16H,1H3,(H,27,30). The van der Waals surface area contributed by atoms with Gasteiger partial charge in [0.05, 0.1) is 24.6 Å². The maximum absolute atomic E-state index is 12.4. The van der Waals surface area contributed by atoms with E-state index >= 15 is 0 Å². The van der Waals surface area contributed by atoms with E-state index in [1.54, 1.807) is 30.1 Å². The van der Waals surface area contributed by atoms with Crippen LogP contribution in [0, 0.1) is 0 Å². The van der Waals surface area contributed by atoms with Crippen molar-refractivity contribution in [2.75, 3.05) is 7.11 Å². The van der Waals surface area contributed by atoms with Gasteiger partial charge >= 0.3 is 0 Å². The van der Waals surface area contributed by atoms with Crippen molar-refractivity contribution in [2.45, 2.75) is 0 Å². The van der Waals surface area contributed by atoms with Crippen LogP contribution in [0.15, 0.2) is 94.6 Å². The number of carbonyl (C=O) groups excluding carboxylic acids is 1. The summed E-state index contributed by atoms with van der Waals surface area (Å²) in [6.45, 7) is 0. The van der Waals surface area contributed by atoms with E-state index in [4.69, 9.17) is 9.84 Å². The van der Waals surface area contributed by atoms with Crippen molar-refractivity contribution in [2.24, 2.45) is 5.10 Å². The molecule has 0 unspecified atom stereocenters. The van der Waals surface area contributed by atoms with Gasteiger partial charge in [0.25, 0.3) is 5.91 Å². The number of amides is 1. The van der Waals surface area contributed by atoms with E-state index in [9.17, 15) is 4.79 Å². The quantitative estimate of drug-likeness (QED) is 0.313. The molecule has 0 aliphatic carbocycles. The van der Waals surface area contributed by atoms with Gasteiger partial charge < -0.3 is 4.74 Å². The van der Waals surface area contributed by atoms with Gasteiger partial charge in [-0.25, -0.2) is 10.1 Å². The van der Waals surface area contributed by atoms with Crippen molar-refractivity contribution in [3.05, 3.63) is 101 Å². The Morgan fingerprint density at radius 1 is 1.03 bits per heavy atom. The summed E-state index contributed by atoms with van der Waals surface area (Å²) >= 11 is 3.38. The van der Waals surface area contributed by atoms with E-state index in [-0.39, 0.29) is 5.91 Å². The van der Waals surface area contributed by atoms with E-state index < -0.39 is 0 Å². The number of hydrogen-bond donors (Lipinski definition) is 1. The molecule has 154 valence electrons. The highest BCUT2D eigenvalue weighted by molar-refractivity contribution is 9.10. The zero-order valence-electron chi connectivity index (χ0n) is 16.7. The predicted octanol–water partition coefficient (Wildman–Crippen LogP) is 5.07. The van der Waals surface area contributed by atoms with Crippen LogP contribution in [0.5, 0.6) is 5.75 Å². The molecule has 4 aromatic rings. The van der Waals surface area contributed by atoms with Crippen molar-refractivity contribution in [3.8, 4) is 22.7 Å². The van der Waals surface area contributed by atoms with Crippen molar-refractivity contribution in [3.63, 3.8) is 0 Å². The molecule has 1 amide bonds. The first-order chi connectivity index (χ1) is 15.2. The van der Waals surface area contributed by atoms with E-state index in [0.717, 1.165) is 28.3 Å². The van der Waals surface area contributed by atoms with Crippen molar-refractivity contribution < 1.29 is 9.53 Å². The fourth-order valence-electron chi connectivity index (χ4n) is 3.03. The zero-order chi connectivity index (χ0) is 21.6. The van der Waals surface area contributed by atoms with Crippen LogP contribution >= 0.6 is 15.9 Å². The Kier molecular flexibility index (Phi) is 6.24. The number of para-hydroxylation sites is 1. The summed E-state index contributed by atoms with van der Waals surface area (Å²) in [5.41, 5.74) is 6.43. The van der Waals surface area contributed by atoms with E-state index in [2.05, 4.69) is 26.5 Å². The number of methoxy groups -OCH3 is 1. The topological polar surface area (TPSA) is 68.5 Å². The highest BCUT2D eigenvalue weighted by Gasteiger charge is 2.12. The van der Waals surface area contributed by atoms with Gasteiger partial charge in [-0.15, -0.1) is 0 Å². The molecule has 0 radical (unpaired) electrons. The first-order valence-electron chi connectivity index (χ1n) is 9.53. The molecule has 3 aromatic carbocycles. The second-order valence-electron chi connectivity index (χ2n) is 6.62. The molecule has 4 rings (SSSR count). The van der Waals surface area contributed by atoms with E-state index in [1.165, 1.54) is 0 Å². The molecule has 7 heteroatoms. The van der Waals surface area contributed by atoms with Crippen LogP contribution in [0.4, 0.5) is 0 Å². The molecule has 1 aromatic heterocycles. The fraction of sp³-hybridized carbons (Fsp3) is 0.0417. The highest BCUT2D eigenvalue weighted by atomic mass is 79.9. The van der Waals surface area contributed by atoms with Gasteiger partial charge in [0.2, 0.25) is 0 Å². The van der Waals surface area contributed by atoms with Crippen LogP contribution in [0.2, 0.25) is 0 Å². The third kappa shape index (κ3) is 4.73. The first-order valence-corrected chi connectivity index (χ1v) is 10.3. The monoisotopic (exact) mass is 474 g/mol. The molecule has 6 nitrogen and oxygen atoms in total. The minimum absolute atomic E-state index is 0.301. The molecule has 1 N–H and O–H groups in total. The largest absolute Gasteiger partial charge is 0.497 e. The summed E-state index contributed by atoms with van der Waals surface area (Å²) in [4.78, 5) is 12.4. The summed E-state index contributed by atoms with van der Waals surface area (Å²) < 4.78 is 7.74. The van der Waals surface area contributed by atoms with Gasteiger partial charge in [-0.1, -0.05) is 30.3 Å². The number of nitrogens with one attached hydrogen (secondary N) is 1. The molecule has 0 aliphatic heterocycles. The number of hydrazone groups is 1. The highest BCUT2D eigenvalue weighted by Crippen LogP contribution is 2.25. The van der Waals surface area contributed by atoms with Crippen LogP contribution in [0.1, 0.15) is 15.9 Å². The van der Waals surface area contributed by atoms with Gasteiger partial charge in [0.1, 0.15) is 11.4 Å². The Morgan fingerprint density at radius 2 is 1.74 bits per heavy atom. The maximum Gasteiger partial charge on any atom is 0.272 e. The van der Waals surface area contributed by atoms with Gasteiger partial charge in [-0.05, 0) is 64.5 Å². The number of hydrogen-bond acceptors (Lipinski definition) is 4. The fourth-order valence-corrected chi connectivity index (χ4v) is 3.50. The molecular formula is C24H19BrN4O2. The predicted molar refractivity (Wildman–Crippen MR) is 125 cm³/mol. The van der Waals surface area contributed by atoms with Crippen LogP contribution in [-0.4, -0.2) is 29.0 Å². The third-order valence-electron chi connectivity index (χ3n) is 4.61. The minimum Gasteiger partial charge on any atom is -0.497 e. The van der Waals surface area contributed by atoms with Gasteiger partial charge in [-0.3, -0.25) is 4.79 Å². The normalized spacial score (nSPS) is 10.9. The number of nitrogens with zero attached hydrogens (tertiary/aromatic N) is 3.